The van der Waals surface area contributed by atoms with Crippen molar-refractivity contribution in [3.63, 3.8) is 0 Å². The average Bonchev–Trinajstić information content (AvgIpc) is 2.33. The quantitative estimate of drug-likeness (QED) is 0.741. The third kappa shape index (κ3) is 3.34. The standard InChI is InChI=1S/C13H12Br2N2O2S/c1-8-2-4-10(7-11(8)14)17-20(18,19)13-5-3-9(16)6-12(13)15/h2-7,17H,16H2,1H3. The summed E-state index contributed by atoms with van der Waals surface area (Å²) >= 11 is 6.59. The van der Waals surface area contributed by atoms with Crippen molar-refractivity contribution in [1.82, 2.24) is 0 Å². The summed E-state index contributed by atoms with van der Waals surface area (Å²) in [5.74, 6) is 0. The molecule has 0 aliphatic rings. The Bertz CT molecular complexity index is 761. The second-order valence-electron chi connectivity index (χ2n) is 4.26. The van der Waals surface area contributed by atoms with Crippen LogP contribution in [0.1, 0.15) is 5.56 Å². The molecule has 3 N–H and O–H groups in total. The van der Waals surface area contributed by atoms with Gasteiger partial charge in [0.25, 0.3) is 10.0 Å². The summed E-state index contributed by atoms with van der Waals surface area (Å²) in [7, 11) is -3.66. The molecule has 0 aromatic heterocycles. The van der Waals surface area contributed by atoms with Crippen LogP contribution < -0.4 is 10.5 Å². The Labute approximate surface area is 134 Å². The zero-order valence-electron chi connectivity index (χ0n) is 10.5. The summed E-state index contributed by atoms with van der Waals surface area (Å²) in [6, 6.07) is 9.83. The van der Waals surface area contributed by atoms with Crippen LogP contribution in [0, 0.1) is 6.92 Å². The van der Waals surface area contributed by atoms with Crippen molar-refractivity contribution < 1.29 is 8.42 Å². The fraction of sp³-hybridized carbons (Fsp3) is 0.0769. The minimum absolute atomic E-state index is 0.142. The second kappa shape index (κ2) is 5.75. The van der Waals surface area contributed by atoms with E-state index in [4.69, 9.17) is 5.73 Å². The van der Waals surface area contributed by atoms with Crippen molar-refractivity contribution in [2.24, 2.45) is 0 Å². The van der Waals surface area contributed by atoms with Gasteiger partial charge in [-0.05, 0) is 58.7 Å². The summed E-state index contributed by atoms with van der Waals surface area (Å²) in [5.41, 5.74) is 7.62. The van der Waals surface area contributed by atoms with Crippen molar-refractivity contribution >= 4 is 53.3 Å². The maximum Gasteiger partial charge on any atom is 0.263 e. The normalized spacial score (nSPS) is 11.3. The van der Waals surface area contributed by atoms with E-state index in [1.807, 2.05) is 13.0 Å². The Morgan fingerprint density at radius 1 is 1.05 bits per heavy atom. The summed E-state index contributed by atoms with van der Waals surface area (Å²) < 4.78 is 28.5. The van der Waals surface area contributed by atoms with E-state index in [0.717, 1.165) is 10.0 Å². The zero-order valence-corrected chi connectivity index (χ0v) is 14.5. The number of anilines is 2. The molecule has 20 heavy (non-hydrogen) atoms. The Kier molecular flexibility index (Phi) is 4.41. The summed E-state index contributed by atoms with van der Waals surface area (Å²) in [6.45, 7) is 1.93. The first-order valence-electron chi connectivity index (χ1n) is 5.63. The second-order valence-corrected chi connectivity index (χ2v) is 7.62. The van der Waals surface area contributed by atoms with E-state index >= 15 is 0 Å². The topological polar surface area (TPSA) is 72.2 Å². The third-order valence-electron chi connectivity index (χ3n) is 2.67. The lowest BCUT2D eigenvalue weighted by atomic mass is 10.2. The fourth-order valence-corrected chi connectivity index (χ4v) is 4.13. The fourth-order valence-electron chi connectivity index (χ4n) is 1.60. The summed E-state index contributed by atoms with van der Waals surface area (Å²) in [5, 5.41) is 0. The molecular weight excluding hydrogens is 408 g/mol. The van der Waals surface area contributed by atoms with Crippen LogP contribution in [0.25, 0.3) is 0 Å². The molecule has 106 valence electrons. The molecule has 0 radical (unpaired) electrons. The van der Waals surface area contributed by atoms with Crippen LogP contribution in [0.3, 0.4) is 0 Å². The molecule has 0 saturated heterocycles. The molecule has 0 fully saturated rings. The number of aryl methyl sites for hydroxylation is 1. The lowest BCUT2D eigenvalue weighted by Crippen LogP contribution is -2.13. The lowest BCUT2D eigenvalue weighted by molar-refractivity contribution is 0.601. The number of halogens is 2. The maximum absolute atomic E-state index is 12.3. The van der Waals surface area contributed by atoms with E-state index in [2.05, 4.69) is 36.6 Å². The Morgan fingerprint density at radius 3 is 2.35 bits per heavy atom. The van der Waals surface area contributed by atoms with E-state index in [9.17, 15) is 8.42 Å². The zero-order chi connectivity index (χ0) is 14.9. The van der Waals surface area contributed by atoms with Crippen molar-refractivity contribution in [3.05, 3.63) is 50.9 Å². The van der Waals surface area contributed by atoms with Gasteiger partial charge in [0.05, 0.1) is 0 Å². The van der Waals surface area contributed by atoms with Gasteiger partial charge in [-0.2, -0.15) is 0 Å². The molecule has 0 heterocycles. The number of hydrogen-bond donors (Lipinski definition) is 2. The van der Waals surface area contributed by atoms with Crippen molar-refractivity contribution in [1.29, 1.82) is 0 Å². The van der Waals surface area contributed by atoms with Gasteiger partial charge >= 0.3 is 0 Å². The molecule has 0 spiro atoms. The van der Waals surface area contributed by atoms with Gasteiger partial charge in [-0.25, -0.2) is 8.42 Å². The number of rotatable bonds is 3. The summed E-state index contributed by atoms with van der Waals surface area (Å²) in [4.78, 5) is 0.142. The van der Waals surface area contributed by atoms with Gasteiger partial charge in [-0.15, -0.1) is 0 Å². The molecule has 2 aromatic rings. The minimum atomic E-state index is -3.66. The number of hydrogen-bond acceptors (Lipinski definition) is 3. The lowest BCUT2D eigenvalue weighted by Gasteiger charge is -2.11. The van der Waals surface area contributed by atoms with Crippen molar-refractivity contribution in [3.8, 4) is 0 Å². The first-order valence-corrected chi connectivity index (χ1v) is 8.70. The van der Waals surface area contributed by atoms with E-state index in [0.29, 0.717) is 15.8 Å². The van der Waals surface area contributed by atoms with E-state index in [-0.39, 0.29) is 4.90 Å². The molecule has 7 heteroatoms. The number of nitrogen functional groups attached to an aromatic ring is 1. The molecule has 0 unspecified atom stereocenters. The number of sulfonamides is 1. The van der Waals surface area contributed by atoms with Crippen LogP contribution in [0.15, 0.2) is 50.2 Å². The van der Waals surface area contributed by atoms with Crippen LogP contribution in [-0.2, 0) is 10.0 Å². The molecule has 2 rings (SSSR count). The smallest absolute Gasteiger partial charge is 0.263 e. The highest BCUT2D eigenvalue weighted by atomic mass is 79.9. The van der Waals surface area contributed by atoms with Gasteiger partial charge in [0.15, 0.2) is 0 Å². The van der Waals surface area contributed by atoms with Crippen molar-refractivity contribution in [2.75, 3.05) is 10.5 Å². The molecule has 0 saturated carbocycles. The highest BCUT2D eigenvalue weighted by Gasteiger charge is 2.18. The predicted molar refractivity (Wildman–Crippen MR) is 88.2 cm³/mol. The SMILES string of the molecule is Cc1ccc(NS(=O)(=O)c2ccc(N)cc2Br)cc1Br. The van der Waals surface area contributed by atoms with Gasteiger partial charge < -0.3 is 5.73 Å². The number of nitrogens with two attached hydrogens (primary N) is 1. The summed E-state index contributed by atoms with van der Waals surface area (Å²) in [6.07, 6.45) is 0. The van der Waals surface area contributed by atoms with Crippen LogP contribution in [0.2, 0.25) is 0 Å². The monoisotopic (exact) mass is 418 g/mol. The minimum Gasteiger partial charge on any atom is -0.399 e. The first kappa shape index (κ1) is 15.3. The first-order chi connectivity index (χ1) is 9.29. The van der Waals surface area contributed by atoms with E-state index < -0.39 is 10.0 Å². The van der Waals surface area contributed by atoms with Gasteiger partial charge in [-0.3, -0.25) is 4.72 Å². The van der Waals surface area contributed by atoms with Gasteiger partial charge in [0, 0.05) is 20.3 Å². The third-order valence-corrected chi connectivity index (χ3v) is 5.88. The molecular formula is C13H12Br2N2O2S. The molecule has 0 bridgehead atoms. The molecule has 0 aliphatic carbocycles. The number of nitrogens with one attached hydrogen (secondary N) is 1. The number of benzene rings is 2. The highest BCUT2D eigenvalue weighted by molar-refractivity contribution is 9.10. The molecule has 2 aromatic carbocycles. The maximum atomic E-state index is 12.3. The van der Waals surface area contributed by atoms with Crippen molar-refractivity contribution in [2.45, 2.75) is 11.8 Å². The molecule has 4 nitrogen and oxygen atoms in total. The van der Waals surface area contributed by atoms with Crippen LogP contribution in [0.5, 0.6) is 0 Å². The molecule has 0 amide bonds. The predicted octanol–water partition coefficient (Wildman–Crippen LogP) is 3.90. The van der Waals surface area contributed by atoms with Gasteiger partial charge in [0.1, 0.15) is 4.90 Å². The highest BCUT2D eigenvalue weighted by Crippen LogP contribution is 2.27. The average molecular weight is 420 g/mol. The Balaban J connectivity index is 2.38. The molecule has 0 atom stereocenters. The van der Waals surface area contributed by atoms with Crippen LogP contribution in [-0.4, -0.2) is 8.42 Å². The largest absolute Gasteiger partial charge is 0.399 e. The van der Waals surface area contributed by atoms with Crippen LogP contribution >= 0.6 is 31.9 Å². The van der Waals surface area contributed by atoms with Crippen LogP contribution in [0.4, 0.5) is 11.4 Å². The van der Waals surface area contributed by atoms with Gasteiger partial charge in [-0.1, -0.05) is 22.0 Å². The van der Waals surface area contributed by atoms with Gasteiger partial charge in [0.2, 0.25) is 0 Å². The Hall–Kier alpha value is -1.05. The molecule has 0 aliphatic heterocycles. The Morgan fingerprint density at radius 2 is 1.75 bits per heavy atom. The van der Waals surface area contributed by atoms with E-state index in [1.54, 1.807) is 24.3 Å². The van der Waals surface area contributed by atoms with E-state index in [1.165, 1.54) is 6.07 Å².